The van der Waals surface area contributed by atoms with Crippen molar-refractivity contribution in [3.05, 3.63) is 77.5 Å². The number of carbonyl (C=O) groups excluding carboxylic acids is 2. The number of ether oxygens (including phenoxy) is 2. The van der Waals surface area contributed by atoms with Crippen LogP contribution in [0.5, 0.6) is 0 Å². The summed E-state index contributed by atoms with van der Waals surface area (Å²) < 4.78 is 10.8. The predicted molar refractivity (Wildman–Crippen MR) is 74.0 cm³/mol. The van der Waals surface area contributed by atoms with Crippen LogP contribution in [0.4, 0.5) is 0 Å². The zero-order valence-corrected chi connectivity index (χ0v) is 10.9. The summed E-state index contributed by atoms with van der Waals surface area (Å²) in [5.41, 5.74) is 1.97. The lowest BCUT2D eigenvalue weighted by Crippen LogP contribution is -2.34. The van der Waals surface area contributed by atoms with Gasteiger partial charge in [0.1, 0.15) is 6.26 Å². The topological polar surface area (TPSA) is 52.6 Å². The van der Waals surface area contributed by atoms with Crippen molar-refractivity contribution in [1.29, 1.82) is 0 Å². The standard InChI is InChI=1S/C17H10O4/c18-15-13(11-6-2-1-3-7-11)10-20-17(15)14-9-5-4-8-12(14)16(19)21-17/h1-10H/t17-/m0/s1. The van der Waals surface area contributed by atoms with Crippen LogP contribution < -0.4 is 0 Å². The van der Waals surface area contributed by atoms with Crippen molar-refractivity contribution in [1.82, 2.24) is 0 Å². The minimum Gasteiger partial charge on any atom is -0.449 e. The summed E-state index contributed by atoms with van der Waals surface area (Å²) in [5.74, 6) is -2.55. The lowest BCUT2D eigenvalue weighted by molar-refractivity contribution is -0.173. The molecule has 2 aliphatic rings. The summed E-state index contributed by atoms with van der Waals surface area (Å²) in [5, 5.41) is 0. The molecule has 0 radical (unpaired) electrons. The van der Waals surface area contributed by atoms with Crippen molar-refractivity contribution in [2.75, 3.05) is 0 Å². The lowest BCUT2D eigenvalue weighted by atomic mass is 9.94. The molecular formula is C17H10O4. The van der Waals surface area contributed by atoms with E-state index in [2.05, 4.69) is 0 Å². The van der Waals surface area contributed by atoms with Gasteiger partial charge in [-0.2, -0.15) is 0 Å². The van der Waals surface area contributed by atoms with Gasteiger partial charge in [0, 0.05) is 0 Å². The Morgan fingerprint density at radius 2 is 1.57 bits per heavy atom. The van der Waals surface area contributed by atoms with Crippen LogP contribution in [0.25, 0.3) is 5.57 Å². The molecule has 102 valence electrons. The van der Waals surface area contributed by atoms with Crippen LogP contribution in [0.3, 0.4) is 0 Å². The molecule has 0 aliphatic carbocycles. The molecule has 0 saturated carbocycles. The van der Waals surface area contributed by atoms with Gasteiger partial charge in [0.15, 0.2) is 0 Å². The number of hydrogen-bond donors (Lipinski definition) is 0. The molecule has 0 fully saturated rings. The normalized spacial score (nSPS) is 22.8. The van der Waals surface area contributed by atoms with E-state index >= 15 is 0 Å². The zero-order chi connectivity index (χ0) is 14.4. The molecule has 21 heavy (non-hydrogen) atoms. The van der Waals surface area contributed by atoms with Crippen molar-refractivity contribution in [2.45, 2.75) is 5.79 Å². The van der Waals surface area contributed by atoms with Gasteiger partial charge < -0.3 is 9.47 Å². The van der Waals surface area contributed by atoms with Crippen LogP contribution in [0, 0.1) is 0 Å². The van der Waals surface area contributed by atoms with Gasteiger partial charge in [-0.3, -0.25) is 4.79 Å². The maximum absolute atomic E-state index is 12.8. The molecule has 0 unspecified atom stereocenters. The molecule has 2 heterocycles. The molecule has 2 aromatic carbocycles. The third-order valence-electron chi connectivity index (χ3n) is 3.71. The van der Waals surface area contributed by atoms with Crippen LogP contribution in [0.1, 0.15) is 21.5 Å². The molecule has 2 aliphatic heterocycles. The van der Waals surface area contributed by atoms with Gasteiger partial charge in [-0.15, -0.1) is 0 Å². The second-order valence-corrected chi connectivity index (χ2v) is 4.90. The van der Waals surface area contributed by atoms with Crippen LogP contribution >= 0.6 is 0 Å². The molecule has 0 saturated heterocycles. The summed E-state index contributed by atoms with van der Waals surface area (Å²) >= 11 is 0. The Balaban J connectivity index is 1.81. The molecule has 1 spiro atoms. The van der Waals surface area contributed by atoms with E-state index in [1.165, 1.54) is 6.26 Å². The van der Waals surface area contributed by atoms with E-state index < -0.39 is 11.8 Å². The second-order valence-electron chi connectivity index (χ2n) is 4.90. The number of carbonyl (C=O) groups is 2. The molecule has 4 heteroatoms. The minimum absolute atomic E-state index is 0.355. The first-order chi connectivity index (χ1) is 10.2. The number of benzene rings is 2. The Labute approximate surface area is 120 Å². The van der Waals surface area contributed by atoms with E-state index in [0.717, 1.165) is 5.56 Å². The van der Waals surface area contributed by atoms with Gasteiger partial charge in [0.2, 0.25) is 0 Å². The van der Waals surface area contributed by atoms with Gasteiger partial charge in [0.05, 0.1) is 16.7 Å². The van der Waals surface area contributed by atoms with Crippen molar-refractivity contribution >= 4 is 17.3 Å². The molecule has 2 aromatic rings. The van der Waals surface area contributed by atoms with E-state index in [0.29, 0.717) is 16.7 Å². The minimum atomic E-state index is -1.65. The smallest absolute Gasteiger partial charge is 0.347 e. The lowest BCUT2D eigenvalue weighted by Gasteiger charge is -2.20. The van der Waals surface area contributed by atoms with Crippen molar-refractivity contribution < 1.29 is 19.1 Å². The average Bonchev–Trinajstić information content (AvgIpc) is 3.01. The van der Waals surface area contributed by atoms with E-state index in [1.54, 1.807) is 24.3 Å². The zero-order valence-electron chi connectivity index (χ0n) is 10.9. The van der Waals surface area contributed by atoms with E-state index in [9.17, 15) is 9.59 Å². The fraction of sp³-hybridized carbons (Fsp3) is 0.0588. The van der Waals surface area contributed by atoms with E-state index in [4.69, 9.17) is 9.47 Å². The van der Waals surface area contributed by atoms with Crippen LogP contribution in [0.2, 0.25) is 0 Å². The molecular weight excluding hydrogens is 268 g/mol. The SMILES string of the molecule is O=C1O[C@@]2(OC=C(c3ccccc3)C2=O)c2ccccc21. The molecule has 0 N–H and O–H groups in total. The fourth-order valence-corrected chi connectivity index (χ4v) is 2.69. The Hall–Kier alpha value is -2.88. The molecule has 4 nitrogen and oxygen atoms in total. The van der Waals surface area contributed by atoms with Gasteiger partial charge >= 0.3 is 11.8 Å². The maximum atomic E-state index is 12.8. The van der Waals surface area contributed by atoms with Crippen molar-refractivity contribution in [2.24, 2.45) is 0 Å². The molecule has 1 atom stereocenters. The summed E-state index contributed by atoms with van der Waals surface area (Å²) in [6, 6.07) is 16.0. The number of hydrogen-bond acceptors (Lipinski definition) is 4. The summed E-state index contributed by atoms with van der Waals surface area (Å²) in [7, 11) is 0. The third kappa shape index (κ3) is 1.50. The highest BCUT2D eigenvalue weighted by molar-refractivity contribution is 6.27. The molecule has 0 amide bonds. The van der Waals surface area contributed by atoms with E-state index in [-0.39, 0.29) is 5.78 Å². The van der Waals surface area contributed by atoms with Crippen molar-refractivity contribution in [3.8, 4) is 0 Å². The Morgan fingerprint density at radius 1 is 0.857 bits per heavy atom. The predicted octanol–water partition coefficient (Wildman–Crippen LogP) is 2.65. The van der Waals surface area contributed by atoms with Gasteiger partial charge in [-0.1, -0.05) is 42.5 Å². The van der Waals surface area contributed by atoms with Crippen LogP contribution in [0.15, 0.2) is 60.9 Å². The summed E-state index contributed by atoms with van der Waals surface area (Å²) in [4.78, 5) is 24.7. The highest BCUT2D eigenvalue weighted by atomic mass is 16.7. The highest BCUT2D eigenvalue weighted by Gasteiger charge is 2.57. The van der Waals surface area contributed by atoms with Crippen LogP contribution in [-0.4, -0.2) is 11.8 Å². The number of rotatable bonds is 1. The average molecular weight is 278 g/mol. The first-order valence-electron chi connectivity index (χ1n) is 6.53. The highest BCUT2D eigenvalue weighted by Crippen LogP contribution is 2.45. The van der Waals surface area contributed by atoms with Gasteiger partial charge in [-0.25, -0.2) is 4.79 Å². The third-order valence-corrected chi connectivity index (χ3v) is 3.71. The number of Topliss-reactive ketones (excluding diaryl/α,β-unsaturated/α-hetero) is 1. The fourth-order valence-electron chi connectivity index (χ4n) is 2.69. The van der Waals surface area contributed by atoms with Gasteiger partial charge in [-0.05, 0) is 17.7 Å². The molecule has 4 rings (SSSR count). The monoisotopic (exact) mass is 278 g/mol. The number of esters is 1. The largest absolute Gasteiger partial charge is 0.449 e. The van der Waals surface area contributed by atoms with Crippen LogP contribution in [-0.2, 0) is 20.1 Å². The second kappa shape index (κ2) is 4.06. The first-order valence-corrected chi connectivity index (χ1v) is 6.53. The van der Waals surface area contributed by atoms with Crippen molar-refractivity contribution in [3.63, 3.8) is 0 Å². The Kier molecular flexibility index (Phi) is 2.30. The number of fused-ring (bicyclic) bond motifs is 2. The summed E-state index contributed by atoms with van der Waals surface area (Å²) in [6.07, 6.45) is 1.37. The van der Waals surface area contributed by atoms with E-state index in [1.807, 2.05) is 30.3 Å². The maximum Gasteiger partial charge on any atom is 0.347 e. The summed E-state index contributed by atoms with van der Waals surface area (Å²) in [6.45, 7) is 0. The molecule has 0 aromatic heterocycles. The Bertz CT molecular complexity index is 791. The Morgan fingerprint density at radius 3 is 2.38 bits per heavy atom. The quantitative estimate of drug-likeness (QED) is 0.752. The molecule has 0 bridgehead atoms. The van der Waals surface area contributed by atoms with Gasteiger partial charge in [0.25, 0.3) is 5.78 Å². The first kappa shape index (κ1) is 11.9. The number of ketones is 1.